The summed E-state index contributed by atoms with van der Waals surface area (Å²) < 4.78 is 4.71. The summed E-state index contributed by atoms with van der Waals surface area (Å²) in [7, 11) is 0. The Morgan fingerprint density at radius 3 is 1.62 bits per heavy atom. The van der Waals surface area contributed by atoms with Gasteiger partial charge in [-0.1, -0.05) is 140 Å². The molecule has 0 saturated heterocycles. The summed E-state index contributed by atoms with van der Waals surface area (Å²) in [5.41, 5.74) is 9.40. The lowest BCUT2D eigenvalue weighted by molar-refractivity contribution is 1.07. The lowest BCUT2D eigenvalue weighted by atomic mass is 10.1. The number of aromatic nitrogens is 5. The van der Waals surface area contributed by atoms with E-state index in [-0.39, 0.29) is 0 Å². The van der Waals surface area contributed by atoms with E-state index in [1.54, 1.807) is 0 Å². The third kappa shape index (κ3) is 5.07. The van der Waals surface area contributed by atoms with E-state index in [2.05, 4.69) is 209 Å². The average Bonchev–Trinajstić information content (AvgIpc) is 3.81. The SMILES string of the molecule is c1ccc(-n2c3ccccc3c3cccc(-c4nc(-c5cccc(-n6c7ccccc7c7cc8ccccc8cc76)c5)nc(-c5ccc6ccccc6c5)n4)c32)cc1. The molecular formula is C53H33N5. The van der Waals surface area contributed by atoms with E-state index in [4.69, 9.17) is 15.0 Å². The van der Waals surface area contributed by atoms with Crippen molar-refractivity contribution < 1.29 is 0 Å². The van der Waals surface area contributed by atoms with E-state index in [9.17, 15) is 0 Å². The van der Waals surface area contributed by atoms with Gasteiger partial charge in [0, 0.05) is 49.6 Å². The largest absolute Gasteiger partial charge is 0.309 e. The molecule has 12 rings (SSSR count). The van der Waals surface area contributed by atoms with Gasteiger partial charge in [-0.3, -0.25) is 0 Å². The molecule has 0 aliphatic carbocycles. The Morgan fingerprint density at radius 2 is 0.845 bits per heavy atom. The van der Waals surface area contributed by atoms with Crippen LogP contribution in [0.15, 0.2) is 200 Å². The number of nitrogens with zero attached hydrogens (tertiary/aromatic N) is 5. The van der Waals surface area contributed by atoms with Crippen LogP contribution in [-0.2, 0) is 0 Å². The number of hydrogen-bond acceptors (Lipinski definition) is 3. The number of fused-ring (bicyclic) bond motifs is 8. The zero-order valence-electron chi connectivity index (χ0n) is 31.3. The van der Waals surface area contributed by atoms with Gasteiger partial charge in [0.15, 0.2) is 17.5 Å². The summed E-state index contributed by atoms with van der Waals surface area (Å²) in [6, 6.07) is 70.9. The standard InChI is InChI=1S/C53H33N5/c1-2-19-40(20-3-1)58-48-27-11-8-22-42(48)44-24-13-25-45(50(44)58)53-55-51(54-52(56-53)39-29-28-34-14-4-5-15-35(34)30-39)38-18-12-21-41(31-38)57-47-26-10-9-23-43(47)46-32-36-16-6-7-17-37(36)33-49(46)57/h1-33H. The molecule has 0 amide bonds. The highest BCUT2D eigenvalue weighted by molar-refractivity contribution is 6.14. The molecule has 3 heterocycles. The molecule has 9 aromatic carbocycles. The second-order valence-electron chi connectivity index (χ2n) is 14.9. The van der Waals surface area contributed by atoms with Crippen LogP contribution in [0.5, 0.6) is 0 Å². The first-order valence-electron chi connectivity index (χ1n) is 19.6. The second-order valence-corrected chi connectivity index (χ2v) is 14.9. The number of para-hydroxylation sites is 4. The molecule has 12 aromatic rings. The maximum atomic E-state index is 5.36. The van der Waals surface area contributed by atoms with Crippen molar-refractivity contribution in [2.24, 2.45) is 0 Å². The number of rotatable bonds is 5. The van der Waals surface area contributed by atoms with Crippen molar-refractivity contribution in [3.63, 3.8) is 0 Å². The Balaban J connectivity index is 1.11. The summed E-state index contributed by atoms with van der Waals surface area (Å²) >= 11 is 0. The van der Waals surface area contributed by atoms with Crippen LogP contribution in [-0.4, -0.2) is 24.1 Å². The van der Waals surface area contributed by atoms with E-state index in [1.165, 1.54) is 32.3 Å². The molecule has 0 radical (unpaired) electrons. The van der Waals surface area contributed by atoms with E-state index in [0.717, 1.165) is 60.9 Å². The summed E-state index contributed by atoms with van der Waals surface area (Å²) in [6.07, 6.45) is 0. The van der Waals surface area contributed by atoms with Crippen LogP contribution in [0.1, 0.15) is 0 Å². The summed E-state index contributed by atoms with van der Waals surface area (Å²) in [5.74, 6) is 1.85. The van der Waals surface area contributed by atoms with Crippen LogP contribution < -0.4 is 0 Å². The quantitative estimate of drug-likeness (QED) is 0.177. The normalized spacial score (nSPS) is 11.8. The van der Waals surface area contributed by atoms with Crippen molar-refractivity contribution in [2.75, 3.05) is 0 Å². The van der Waals surface area contributed by atoms with Gasteiger partial charge in [0.25, 0.3) is 0 Å². The number of benzene rings is 9. The Kier molecular flexibility index (Phi) is 7.16. The zero-order chi connectivity index (χ0) is 38.2. The fourth-order valence-corrected chi connectivity index (χ4v) is 8.84. The van der Waals surface area contributed by atoms with Crippen molar-refractivity contribution in [2.45, 2.75) is 0 Å². The van der Waals surface area contributed by atoms with E-state index >= 15 is 0 Å². The summed E-state index contributed by atoms with van der Waals surface area (Å²) in [6.45, 7) is 0. The minimum atomic E-state index is 0.612. The average molecular weight is 740 g/mol. The molecule has 270 valence electrons. The van der Waals surface area contributed by atoms with E-state index in [0.29, 0.717) is 17.5 Å². The Labute approximate surface area is 333 Å². The molecular weight excluding hydrogens is 707 g/mol. The fourth-order valence-electron chi connectivity index (χ4n) is 8.84. The molecule has 0 unspecified atom stereocenters. The molecule has 0 aliphatic heterocycles. The summed E-state index contributed by atoms with van der Waals surface area (Å²) in [5, 5.41) is 9.51. The van der Waals surface area contributed by atoms with Crippen LogP contribution in [0.25, 0.3) is 111 Å². The van der Waals surface area contributed by atoms with Gasteiger partial charge < -0.3 is 9.13 Å². The molecule has 0 aliphatic rings. The van der Waals surface area contributed by atoms with Crippen LogP contribution in [0.4, 0.5) is 0 Å². The first-order valence-corrected chi connectivity index (χ1v) is 19.6. The topological polar surface area (TPSA) is 48.5 Å². The first kappa shape index (κ1) is 32.4. The minimum absolute atomic E-state index is 0.612. The first-order chi connectivity index (χ1) is 28.7. The Morgan fingerprint density at radius 1 is 0.293 bits per heavy atom. The van der Waals surface area contributed by atoms with Crippen LogP contribution in [0, 0.1) is 0 Å². The Bertz CT molecular complexity index is 3580. The summed E-state index contributed by atoms with van der Waals surface area (Å²) in [4.78, 5) is 15.9. The van der Waals surface area contributed by atoms with Gasteiger partial charge in [-0.25, -0.2) is 15.0 Å². The minimum Gasteiger partial charge on any atom is -0.309 e. The van der Waals surface area contributed by atoms with Crippen molar-refractivity contribution >= 4 is 65.2 Å². The fraction of sp³-hybridized carbons (Fsp3) is 0. The van der Waals surface area contributed by atoms with Gasteiger partial charge in [0.05, 0.1) is 22.1 Å². The molecule has 3 aromatic heterocycles. The molecule has 58 heavy (non-hydrogen) atoms. The van der Waals surface area contributed by atoms with Crippen LogP contribution in [0.3, 0.4) is 0 Å². The Hall–Kier alpha value is -7.89. The molecule has 0 fully saturated rings. The molecule has 5 nitrogen and oxygen atoms in total. The van der Waals surface area contributed by atoms with Crippen molar-refractivity contribution in [3.8, 4) is 45.5 Å². The molecule has 0 bridgehead atoms. The highest BCUT2D eigenvalue weighted by Crippen LogP contribution is 2.39. The van der Waals surface area contributed by atoms with Crippen LogP contribution >= 0.6 is 0 Å². The van der Waals surface area contributed by atoms with Crippen molar-refractivity contribution in [3.05, 3.63) is 200 Å². The lowest BCUT2D eigenvalue weighted by Gasteiger charge is -2.14. The van der Waals surface area contributed by atoms with Gasteiger partial charge in [0.1, 0.15) is 0 Å². The molecule has 5 heteroatoms. The van der Waals surface area contributed by atoms with Crippen molar-refractivity contribution in [1.29, 1.82) is 0 Å². The second kappa shape index (κ2) is 12.8. The smallest absolute Gasteiger partial charge is 0.166 e. The maximum absolute atomic E-state index is 5.36. The zero-order valence-corrected chi connectivity index (χ0v) is 31.3. The molecule has 0 atom stereocenters. The predicted molar refractivity (Wildman–Crippen MR) is 240 cm³/mol. The van der Waals surface area contributed by atoms with E-state index in [1.807, 2.05) is 0 Å². The predicted octanol–water partition coefficient (Wildman–Crippen LogP) is 13.4. The molecule has 0 saturated carbocycles. The maximum Gasteiger partial charge on any atom is 0.166 e. The third-order valence-electron chi connectivity index (χ3n) is 11.5. The van der Waals surface area contributed by atoms with Gasteiger partial charge >= 0.3 is 0 Å². The monoisotopic (exact) mass is 739 g/mol. The highest BCUT2D eigenvalue weighted by atomic mass is 15.1. The van der Waals surface area contributed by atoms with Gasteiger partial charge in [-0.2, -0.15) is 0 Å². The van der Waals surface area contributed by atoms with E-state index < -0.39 is 0 Å². The molecule has 0 spiro atoms. The van der Waals surface area contributed by atoms with Gasteiger partial charge in [0.2, 0.25) is 0 Å². The van der Waals surface area contributed by atoms with Gasteiger partial charge in [-0.05, 0) is 82.2 Å². The van der Waals surface area contributed by atoms with Gasteiger partial charge in [-0.15, -0.1) is 0 Å². The van der Waals surface area contributed by atoms with Crippen LogP contribution in [0.2, 0.25) is 0 Å². The third-order valence-corrected chi connectivity index (χ3v) is 11.5. The van der Waals surface area contributed by atoms with Crippen molar-refractivity contribution in [1.82, 2.24) is 24.1 Å². The molecule has 0 N–H and O–H groups in total. The lowest BCUT2D eigenvalue weighted by Crippen LogP contribution is -2.02. The highest BCUT2D eigenvalue weighted by Gasteiger charge is 2.21. The number of hydrogen-bond donors (Lipinski definition) is 0.